The predicted molar refractivity (Wildman–Crippen MR) is 101 cm³/mol. The Morgan fingerprint density at radius 1 is 1.19 bits per heavy atom. The van der Waals surface area contributed by atoms with Crippen LogP contribution in [0.5, 0.6) is 0 Å². The molecule has 3 aliphatic heterocycles. The van der Waals surface area contributed by atoms with E-state index in [1.54, 1.807) is 0 Å². The van der Waals surface area contributed by atoms with Gasteiger partial charge in [0, 0.05) is 62.7 Å². The summed E-state index contributed by atoms with van der Waals surface area (Å²) in [6.45, 7) is 4.30. The van der Waals surface area contributed by atoms with Gasteiger partial charge in [-0.3, -0.25) is 4.90 Å². The van der Waals surface area contributed by atoms with Crippen molar-refractivity contribution in [3.05, 3.63) is 47.3 Å². The highest BCUT2D eigenvalue weighted by Crippen LogP contribution is 2.41. The fourth-order valence-corrected chi connectivity index (χ4v) is 4.98. The van der Waals surface area contributed by atoms with Crippen molar-refractivity contribution in [2.45, 2.75) is 25.1 Å². The van der Waals surface area contributed by atoms with E-state index in [0.717, 1.165) is 18.3 Å². The van der Waals surface area contributed by atoms with Crippen molar-refractivity contribution >= 4 is 6.03 Å². The molecule has 11 heteroatoms. The van der Waals surface area contributed by atoms with Gasteiger partial charge in [0.25, 0.3) is 0 Å². The van der Waals surface area contributed by atoms with Crippen molar-refractivity contribution in [1.29, 1.82) is 0 Å². The standard InChI is InChI=1S/C20H22F4N6O/c21-16-5-15(20(22,23)24)2-1-13(16)6-28-8-19(9-28)10-30(11-19)18(31)29-4-3-14(7-29)17-25-12-26-27-17/h1-2,5,12,14H,3-4,6-11H2,(H,25,26,27). The number of rotatable bonds is 3. The summed E-state index contributed by atoms with van der Waals surface area (Å²) in [5.41, 5.74) is -0.706. The van der Waals surface area contributed by atoms with Crippen LogP contribution in [0.25, 0.3) is 0 Å². The van der Waals surface area contributed by atoms with Gasteiger partial charge in [0.15, 0.2) is 0 Å². The van der Waals surface area contributed by atoms with Crippen molar-refractivity contribution in [3.63, 3.8) is 0 Å². The molecule has 1 unspecified atom stereocenters. The van der Waals surface area contributed by atoms with Gasteiger partial charge in [-0.2, -0.15) is 13.2 Å². The molecular formula is C20H22F4N6O. The monoisotopic (exact) mass is 438 g/mol. The van der Waals surface area contributed by atoms with Gasteiger partial charge in [-0.05, 0) is 18.6 Å². The lowest BCUT2D eigenvalue weighted by Gasteiger charge is -2.60. The van der Waals surface area contributed by atoms with Gasteiger partial charge in [-0.15, -0.1) is 10.2 Å². The quantitative estimate of drug-likeness (QED) is 0.749. The predicted octanol–water partition coefficient (Wildman–Crippen LogP) is 2.69. The van der Waals surface area contributed by atoms with Crippen LogP contribution in [0.15, 0.2) is 24.5 Å². The highest BCUT2D eigenvalue weighted by Gasteiger charge is 2.54. The van der Waals surface area contributed by atoms with E-state index < -0.39 is 17.6 Å². The molecule has 7 nitrogen and oxygen atoms in total. The summed E-state index contributed by atoms with van der Waals surface area (Å²) in [4.78, 5) is 21.4. The lowest BCUT2D eigenvalue weighted by Crippen LogP contribution is -2.73. The van der Waals surface area contributed by atoms with Crippen LogP contribution in [0.4, 0.5) is 22.4 Å². The average Bonchev–Trinajstić information content (AvgIpc) is 3.33. The number of halogens is 4. The number of aromatic amines is 1. The van der Waals surface area contributed by atoms with Crippen molar-refractivity contribution < 1.29 is 22.4 Å². The molecule has 3 fully saturated rings. The number of aromatic nitrogens is 3. The Morgan fingerprint density at radius 2 is 1.97 bits per heavy atom. The van der Waals surface area contributed by atoms with E-state index in [1.807, 2.05) is 14.7 Å². The maximum absolute atomic E-state index is 14.1. The summed E-state index contributed by atoms with van der Waals surface area (Å²) in [6.07, 6.45) is -2.16. The third-order valence-electron chi connectivity index (χ3n) is 6.50. The minimum Gasteiger partial charge on any atom is -0.331 e. The van der Waals surface area contributed by atoms with Crippen molar-refractivity contribution in [2.24, 2.45) is 5.41 Å². The molecule has 2 aromatic rings. The zero-order chi connectivity index (χ0) is 21.8. The molecule has 1 N–H and O–H groups in total. The van der Waals surface area contributed by atoms with Crippen LogP contribution in [-0.2, 0) is 12.7 Å². The highest BCUT2D eigenvalue weighted by molar-refractivity contribution is 5.76. The normalized spacial score (nSPS) is 23.2. The first-order valence-corrected chi connectivity index (χ1v) is 10.2. The van der Waals surface area contributed by atoms with E-state index in [0.29, 0.717) is 45.3 Å². The summed E-state index contributed by atoms with van der Waals surface area (Å²) in [7, 11) is 0. The number of alkyl halides is 3. The Hall–Kier alpha value is -2.69. The number of hydrogen-bond acceptors (Lipinski definition) is 4. The molecule has 3 saturated heterocycles. The SMILES string of the molecule is O=C(N1CCC(c2nnc[nH]2)C1)N1CC2(CN(Cc3ccc(C(F)(F)F)cc3F)C2)C1. The molecule has 3 aliphatic rings. The van der Waals surface area contributed by atoms with Gasteiger partial charge in [0.05, 0.1) is 5.56 Å². The number of likely N-dealkylation sites (tertiary alicyclic amines) is 3. The molecule has 166 valence electrons. The van der Waals surface area contributed by atoms with Crippen LogP contribution in [0.3, 0.4) is 0 Å². The molecule has 0 aliphatic carbocycles. The van der Waals surface area contributed by atoms with Gasteiger partial charge in [-0.25, -0.2) is 9.18 Å². The van der Waals surface area contributed by atoms with Crippen molar-refractivity contribution in [2.75, 3.05) is 39.3 Å². The largest absolute Gasteiger partial charge is 0.416 e. The second-order valence-corrected chi connectivity index (χ2v) is 8.89. The first kappa shape index (κ1) is 20.2. The second-order valence-electron chi connectivity index (χ2n) is 8.89. The second kappa shape index (κ2) is 7.18. The smallest absolute Gasteiger partial charge is 0.331 e. The minimum atomic E-state index is -4.55. The molecule has 1 atom stereocenters. The molecule has 0 radical (unpaired) electrons. The van der Waals surface area contributed by atoms with E-state index in [9.17, 15) is 22.4 Å². The molecule has 1 aromatic heterocycles. The van der Waals surface area contributed by atoms with E-state index >= 15 is 0 Å². The Morgan fingerprint density at radius 3 is 2.61 bits per heavy atom. The van der Waals surface area contributed by atoms with Crippen LogP contribution in [0.2, 0.25) is 0 Å². The Balaban J connectivity index is 1.10. The van der Waals surface area contributed by atoms with Crippen LogP contribution < -0.4 is 0 Å². The maximum Gasteiger partial charge on any atom is 0.416 e. The van der Waals surface area contributed by atoms with E-state index in [4.69, 9.17) is 0 Å². The van der Waals surface area contributed by atoms with Crippen LogP contribution in [0, 0.1) is 11.2 Å². The number of carbonyl (C=O) groups excluding carboxylic acids is 1. The van der Waals surface area contributed by atoms with Gasteiger partial charge < -0.3 is 14.8 Å². The minimum absolute atomic E-state index is 0.0160. The molecule has 0 bridgehead atoms. The number of benzene rings is 1. The molecule has 31 heavy (non-hydrogen) atoms. The number of urea groups is 1. The molecule has 1 spiro atoms. The zero-order valence-electron chi connectivity index (χ0n) is 16.7. The van der Waals surface area contributed by atoms with Crippen LogP contribution >= 0.6 is 0 Å². The molecule has 4 heterocycles. The van der Waals surface area contributed by atoms with E-state index in [1.165, 1.54) is 12.4 Å². The lowest BCUT2D eigenvalue weighted by molar-refractivity contribution is -0.137. The summed E-state index contributed by atoms with van der Waals surface area (Å²) in [5, 5.41) is 7.83. The van der Waals surface area contributed by atoms with Gasteiger partial charge in [-0.1, -0.05) is 6.07 Å². The van der Waals surface area contributed by atoms with Gasteiger partial charge in [0.2, 0.25) is 0 Å². The molecule has 2 amide bonds. The molecule has 5 rings (SSSR count). The first-order valence-electron chi connectivity index (χ1n) is 10.2. The fourth-order valence-electron chi connectivity index (χ4n) is 4.98. The number of carbonyl (C=O) groups is 1. The van der Waals surface area contributed by atoms with E-state index in [2.05, 4.69) is 15.2 Å². The summed E-state index contributed by atoms with van der Waals surface area (Å²) in [5.74, 6) is 0.150. The van der Waals surface area contributed by atoms with Crippen molar-refractivity contribution in [1.82, 2.24) is 29.9 Å². The van der Waals surface area contributed by atoms with E-state index in [-0.39, 0.29) is 29.5 Å². The Kier molecular flexibility index (Phi) is 4.68. The lowest BCUT2D eigenvalue weighted by atomic mass is 9.73. The molecular weight excluding hydrogens is 416 g/mol. The number of H-pyrrole nitrogens is 1. The summed E-state index contributed by atoms with van der Waals surface area (Å²) >= 11 is 0. The summed E-state index contributed by atoms with van der Waals surface area (Å²) in [6, 6.07) is 2.70. The third kappa shape index (κ3) is 3.75. The van der Waals surface area contributed by atoms with Gasteiger partial charge in [0.1, 0.15) is 18.0 Å². The molecule has 0 saturated carbocycles. The Labute approximate surface area is 176 Å². The third-order valence-corrected chi connectivity index (χ3v) is 6.50. The number of nitrogens with zero attached hydrogens (tertiary/aromatic N) is 5. The topological polar surface area (TPSA) is 68.4 Å². The van der Waals surface area contributed by atoms with Crippen LogP contribution in [-0.4, -0.2) is 75.2 Å². The molecule has 1 aromatic carbocycles. The highest BCUT2D eigenvalue weighted by atomic mass is 19.4. The Bertz CT molecular complexity index is 965. The number of nitrogens with one attached hydrogen (secondary N) is 1. The zero-order valence-corrected chi connectivity index (χ0v) is 16.7. The van der Waals surface area contributed by atoms with Crippen molar-refractivity contribution in [3.8, 4) is 0 Å². The summed E-state index contributed by atoms with van der Waals surface area (Å²) < 4.78 is 52.1. The maximum atomic E-state index is 14.1. The fraction of sp³-hybridized carbons (Fsp3) is 0.550. The number of amides is 2. The van der Waals surface area contributed by atoms with Crippen LogP contribution in [0.1, 0.15) is 29.3 Å². The first-order chi connectivity index (χ1) is 14.7. The van der Waals surface area contributed by atoms with Gasteiger partial charge >= 0.3 is 12.2 Å². The number of hydrogen-bond donors (Lipinski definition) is 1. The average molecular weight is 438 g/mol.